The average Bonchev–Trinajstić information content (AvgIpc) is 2.39. The summed E-state index contributed by atoms with van der Waals surface area (Å²) in [7, 11) is 1.65. The molecule has 1 aliphatic rings. The van der Waals surface area contributed by atoms with Gasteiger partial charge in [0.15, 0.2) is 0 Å². The van der Waals surface area contributed by atoms with E-state index in [0.29, 0.717) is 11.6 Å². The lowest BCUT2D eigenvalue weighted by Gasteiger charge is -2.24. The molecule has 1 fully saturated rings. The van der Waals surface area contributed by atoms with E-state index in [1.165, 1.54) is 12.8 Å². The first-order valence-electron chi connectivity index (χ1n) is 6.09. The molecule has 1 atom stereocenters. The van der Waals surface area contributed by atoms with E-state index >= 15 is 0 Å². The standard InChI is InChI=1S/C13H19N3O/c1-14-13(17)10-4-2-5-11(8-10)16-12-6-3-7-15-9-12/h2,4-5,8,12,15-16H,3,6-7,9H2,1H3,(H,14,17). The normalized spacial score (nSPS) is 19.7. The predicted molar refractivity (Wildman–Crippen MR) is 69.3 cm³/mol. The first-order valence-corrected chi connectivity index (χ1v) is 6.09. The summed E-state index contributed by atoms with van der Waals surface area (Å²) < 4.78 is 0. The van der Waals surface area contributed by atoms with Gasteiger partial charge in [-0.1, -0.05) is 6.07 Å². The van der Waals surface area contributed by atoms with Gasteiger partial charge in [-0.15, -0.1) is 0 Å². The zero-order chi connectivity index (χ0) is 12.1. The maximum absolute atomic E-state index is 11.5. The van der Waals surface area contributed by atoms with Gasteiger partial charge in [-0.25, -0.2) is 0 Å². The lowest BCUT2D eigenvalue weighted by molar-refractivity contribution is 0.0963. The average molecular weight is 233 g/mol. The topological polar surface area (TPSA) is 53.2 Å². The fraction of sp³-hybridized carbons (Fsp3) is 0.462. The fourth-order valence-corrected chi connectivity index (χ4v) is 2.11. The highest BCUT2D eigenvalue weighted by Gasteiger charge is 2.12. The Morgan fingerprint density at radius 1 is 1.47 bits per heavy atom. The van der Waals surface area contributed by atoms with Crippen molar-refractivity contribution < 1.29 is 4.79 Å². The molecule has 1 unspecified atom stereocenters. The number of carbonyl (C=O) groups is 1. The lowest BCUT2D eigenvalue weighted by atomic mass is 10.1. The van der Waals surface area contributed by atoms with Crippen molar-refractivity contribution in [3.63, 3.8) is 0 Å². The van der Waals surface area contributed by atoms with E-state index in [0.717, 1.165) is 18.8 Å². The third-order valence-electron chi connectivity index (χ3n) is 3.02. The molecular weight excluding hydrogens is 214 g/mol. The molecule has 0 radical (unpaired) electrons. The van der Waals surface area contributed by atoms with E-state index in [9.17, 15) is 4.79 Å². The van der Waals surface area contributed by atoms with E-state index in [1.54, 1.807) is 7.05 Å². The summed E-state index contributed by atoms with van der Waals surface area (Å²) in [5.41, 5.74) is 1.71. The second-order valence-electron chi connectivity index (χ2n) is 4.35. The maximum atomic E-state index is 11.5. The molecule has 0 saturated carbocycles. The number of hydrogen-bond donors (Lipinski definition) is 3. The van der Waals surface area contributed by atoms with E-state index in [2.05, 4.69) is 16.0 Å². The minimum absolute atomic E-state index is 0.0459. The van der Waals surface area contributed by atoms with Gasteiger partial charge in [0, 0.05) is 30.9 Å². The summed E-state index contributed by atoms with van der Waals surface area (Å²) in [4.78, 5) is 11.5. The Hall–Kier alpha value is -1.55. The molecule has 1 aromatic carbocycles. The highest BCUT2D eigenvalue weighted by Crippen LogP contribution is 2.14. The summed E-state index contributed by atoms with van der Waals surface area (Å²) in [6.07, 6.45) is 2.38. The Bertz CT molecular complexity index is 386. The Balaban J connectivity index is 2.02. The molecule has 1 aliphatic heterocycles. The van der Waals surface area contributed by atoms with Crippen LogP contribution in [0.3, 0.4) is 0 Å². The summed E-state index contributed by atoms with van der Waals surface area (Å²) in [5.74, 6) is -0.0459. The van der Waals surface area contributed by atoms with Gasteiger partial charge in [0.25, 0.3) is 5.91 Å². The molecule has 0 spiro atoms. The lowest BCUT2D eigenvalue weighted by Crippen LogP contribution is -2.38. The summed E-state index contributed by atoms with van der Waals surface area (Å²) in [6.45, 7) is 2.10. The van der Waals surface area contributed by atoms with Gasteiger partial charge >= 0.3 is 0 Å². The zero-order valence-corrected chi connectivity index (χ0v) is 10.1. The van der Waals surface area contributed by atoms with Crippen molar-refractivity contribution in [2.24, 2.45) is 0 Å². The van der Waals surface area contributed by atoms with Gasteiger partial charge in [0.2, 0.25) is 0 Å². The van der Waals surface area contributed by atoms with Crippen LogP contribution in [0.25, 0.3) is 0 Å². The molecule has 0 aliphatic carbocycles. The number of nitrogens with one attached hydrogen (secondary N) is 3. The van der Waals surface area contributed by atoms with E-state index in [4.69, 9.17) is 0 Å². The van der Waals surface area contributed by atoms with Crippen LogP contribution < -0.4 is 16.0 Å². The van der Waals surface area contributed by atoms with Gasteiger partial charge < -0.3 is 16.0 Å². The zero-order valence-electron chi connectivity index (χ0n) is 10.1. The van der Waals surface area contributed by atoms with E-state index in [-0.39, 0.29) is 5.91 Å². The highest BCUT2D eigenvalue weighted by atomic mass is 16.1. The van der Waals surface area contributed by atoms with Gasteiger partial charge in [-0.05, 0) is 37.6 Å². The number of benzene rings is 1. The molecule has 1 aromatic rings. The number of piperidine rings is 1. The molecule has 4 heteroatoms. The second-order valence-corrected chi connectivity index (χ2v) is 4.35. The van der Waals surface area contributed by atoms with Gasteiger partial charge in [-0.2, -0.15) is 0 Å². The third-order valence-corrected chi connectivity index (χ3v) is 3.02. The van der Waals surface area contributed by atoms with Gasteiger partial charge in [0.05, 0.1) is 0 Å². The van der Waals surface area contributed by atoms with E-state index < -0.39 is 0 Å². The number of carbonyl (C=O) groups excluding carboxylic acids is 1. The van der Waals surface area contributed by atoms with Crippen molar-refractivity contribution in [2.45, 2.75) is 18.9 Å². The van der Waals surface area contributed by atoms with Crippen LogP contribution in [-0.2, 0) is 0 Å². The Morgan fingerprint density at radius 3 is 3.06 bits per heavy atom. The van der Waals surface area contributed by atoms with Gasteiger partial charge in [0.1, 0.15) is 0 Å². The van der Waals surface area contributed by atoms with Crippen molar-refractivity contribution in [1.82, 2.24) is 10.6 Å². The Kier molecular flexibility index (Phi) is 3.98. The van der Waals surface area contributed by atoms with Gasteiger partial charge in [-0.3, -0.25) is 4.79 Å². The third kappa shape index (κ3) is 3.20. The molecule has 2 rings (SSSR count). The second kappa shape index (κ2) is 5.68. The molecule has 17 heavy (non-hydrogen) atoms. The van der Waals surface area contributed by atoms with Crippen molar-refractivity contribution in [1.29, 1.82) is 0 Å². The molecular formula is C13H19N3O. The number of hydrogen-bond acceptors (Lipinski definition) is 3. The molecule has 1 heterocycles. The van der Waals surface area contributed by atoms with Crippen molar-refractivity contribution in [3.05, 3.63) is 29.8 Å². The van der Waals surface area contributed by atoms with Crippen molar-refractivity contribution >= 4 is 11.6 Å². The molecule has 1 amide bonds. The van der Waals surface area contributed by atoms with Crippen LogP contribution in [0.1, 0.15) is 23.2 Å². The van der Waals surface area contributed by atoms with Crippen LogP contribution in [0.2, 0.25) is 0 Å². The van der Waals surface area contributed by atoms with Crippen LogP contribution in [0.15, 0.2) is 24.3 Å². The minimum Gasteiger partial charge on any atom is -0.381 e. The SMILES string of the molecule is CNC(=O)c1cccc(NC2CCCNC2)c1. The Labute approximate surface area is 102 Å². The number of anilines is 1. The quantitative estimate of drug-likeness (QED) is 0.735. The summed E-state index contributed by atoms with van der Waals surface area (Å²) in [5, 5.41) is 9.45. The fourth-order valence-electron chi connectivity index (χ4n) is 2.11. The number of rotatable bonds is 3. The van der Waals surface area contributed by atoms with Crippen LogP contribution in [-0.4, -0.2) is 32.1 Å². The molecule has 0 bridgehead atoms. The van der Waals surface area contributed by atoms with Crippen LogP contribution in [0.5, 0.6) is 0 Å². The first kappa shape index (κ1) is 11.9. The minimum atomic E-state index is -0.0459. The maximum Gasteiger partial charge on any atom is 0.251 e. The summed E-state index contributed by atoms with van der Waals surface area (Å²) in [6, 6.07) is 8.09. The molecule has 92 valence electrons. The van der Waals surface area contributed by atoms with Crippen LogP contribution >= 0.6 is 0 Å². The highest BCUT2D eigenvalue weighted by molar-refractivity contribution is 5.94. The van der Waals surface area contributed by atoms with Crippen LogP contribution in [0.4, 0.5) is 5.69 Å². The molecule has 3 N–H and O–H groups in total. The van der Waals surface area contributed by atoms with Crippen molar-refractivity contribution in [3.8, 4) is 0 Å². The largest absolute Gasteiger partial charge is 0.381 e. The monoisotopic (exact) mass is 233 g/mol. The summed E-state index contributed by atoms with van der Waals surface area (Å²) >= 11 is 0. The molecule has 4 nitrogen and oxygen atoms in total. The first-order chi connectivity index (χ1) is 8.29. The Morgan fingerprint density at radius 2 is 2.35 bits per heavy atom. The van der Waals surface area contributed by atoms with Crippen LogP contribution in [0, 0.1) is 0 Å². The smallest absolute Gasteiger partial charge is 0.251 e. The number of amides is 1. The van der Waals surface area contributed by atoms with E-state index in [1.807, 2.05) is 24.3 Å². The molecule has 0 aromatic heterocycles. The molecule has 1 saturated heterocycles. The predicted octanol–water partition coefficient (Wildman–Crippen LogP) is 1.21. The van der Waals surface area contributed by atoms with Crippen molar-refractivity contribution in [2.75, 3.05) is 25.5 Å².